The number of hydrogen-bond donors (Lipinski definition) is 0. The van der Waals surface area contributed by atoms with Crippen molar-refractivity contribution >= 4 is 43.7 Å². The van der Waals surface area contributed by atoms with Crippen LogP contribution in [0.4, 0.5) is 11.4 Å². The quantitative estimate of drug-likeness (QED) is 0.166. The molecule has 2 atom stereocenters. The molecule has 0 aromatic heterocycles. The van der Waals surface area contributed by atoms with Crippen LogP contribution < -0.4 is 4.90 Å². The number of benzene rings is 9. The van der Waals surface area contributed by atoms with Crippen LogP contribution >= 0.6 is 0 Å². The molecule has 0 radical (unpaired) electrons. The van der Waals surface area contributed by atoms with Gasteiger partial charge in [-0.25, -0.2) is 0 Å². The van der Waals surface area contributed by atoms with Crippen molar-refractivity contribution in [1.29, 1.82) is 0 Å². The molecule has 1 aliphatic heterocycles. The van der Waals surface area contributed by atoms with E-state index >= 15 is 0 Å². The summed E-state index contributed by atoms with van der Waals surface area (Å²) in [5, 5.41) is 7.87. The van der Waals surface area contributed by atoms with Gasteiger partial charge in [-0.05, 0) is 132 Å². The molecule has 11 rings (SSSR count). The fourth-order valence-corrected chi connectivity index (χ4v) is 9.76. The monoisotopic (exact) mass is 663 g/mol. The Morgan fingerprint density at radius 1 is 0.404 bits per heavy atom. The zero-order valence-corrected chi connectivity index (χ0v) is 29.4. The lowest BCUT2D eigenvalue weighted by molar-refractivity contribution is 0.639. The summed E-state index contributed by atoms with van der Waals surface area (Å²) < 4.78 is 0. The molecule has 0 bridgehead atoms. The number of fused-ring (bicyclic) bond motifs is 3. The average Bonchev–Trinajstić information content (AvgIpc) is 3.72. The molecule has 0 spiro atoms. The Balaban J connectivity index is 1.23. The van der Waals surface area contributed by atoms with Crippen molar-refractivity contribution in [2.75, 3.05) is 4.90 Å². The Bertz CT molecular complexity index is 2760. The van der Waals surface area contributed by atoms with Gasteiger partial charge >= 0.3 is 0 Å². The minimum Gasteiger partial charge on any atom is -0.334 e. The Hall–Kier alpha value is -6.18. The predicted molar refractivity (Wildman–Crippen MR) is 221 cm³/mol. The van der Waals surface area contributed by atoms with Crippen LogP contribution in [0, 0.1) is 0 Å². The molecule has 1 nitrogen and oxygen atoms in total. The van der Waals surface area contributed by atoms with Crippen molar-refractivity contribution in [2.45, 2.75) is 31.2 Å². The van der Waals surface area contributed by atoms with Crippen LogP contribution in [0.2, 0.25) is 0 Å². The number of para-hydroxylation sites is 1. The molecule has 9 aromatic carbocycles. The van der Waals surface area contributed by atoms with E-state index in [0.717, 1.165) is 6.42 Å². The molecule has 1 heteroatoms. The van der Waals surface area contributed by atoms with E-state index in [2.05, 4.69) is 195 Å². The summed E-state index contributed by atoms with van der Waals surface area (Å²) in [6.45, 7) is 4.91. The van der Waals surface area contributed by atoms with E-state index in [1.807, 2.05) is 0 Å². The third-order valence-electron chi connectivity index (χ3n) is 12.6. The summed E-state index contributed by atoms with van der Waals surface area (Å²) in [6.07, 6.45) is 1.16. The second-order valence-corrected chi connectivity index (χ2v) is 15.3. The minimum atomic E-state index is 0.0782. The van der Waals surface area contributed by atoms with Crippen molar-refractivity contribution in [2.24, 2.45) is 0 Å². The molecule has 2 aliphatic rings. The number of anilines is 2. The van der Waals surface area contributed by atoms with Gasteiger partial charge in [0.2, 0.25) is 0 Å². The number of hydrogen-bond acceptors (Lipinski definition) is 1. The topological polar surface area (TPSA) is 3.24 Å². The van der Waals surface area contributed by atoms with Gasteiger partial charge in [0, 0.05) is 16.8 Å². The van der Waals surface area contributed by atoms with Gasteiger partial charge in [0.1, 0.15) is 0 Å². The first-order valence-corrected chi connectivity index (χ1v) is 18.5. The van der Waals surface area contributed by atoms with Crippen LogP contribution in [0.5, 0.6) is 0 Å². The van der Waals surface area contributed by atoms with Crippen LogP contribution in [0.1, 0.15) is 25.8 Å². The fraction of sp³-hybridized carbons (Fsp3) is 0.0980. The molecule has 246 valence electrons. The van der Waals surface area contributed by atoms with Gasteiger partial charge in [0.05, 0.1) is 5.54 Å². The SMILES string of the molecule is CC12CC1(C)N(c1ccccc1)c1ccc(-c3cc(-c4ccccc4)c4ccc5c(-c6ccccc6)cc(-c6ccccc6)c6ccc3c4c56)cc12. The highest BCUT2D eigenvalue weighted by atomic mass is 15.3. The minimum absolute atomic E-state index is 0.0782. The third-order valence-corrected chi connectivity index (χ3v) is 12.6. The predicted octanol–water partition coefficient (Wildman–Crippen LogP) is 13.8. The maximum atomic E-state index is 2.60. The van der Waals surface area contributed by atoms with Crippen molar-refractivity contribution in [3.63, 3.8) is 0 Å². The molecule has 0 saturated heterocycles. The van der Waals surface area contributed by atoms with Gasteiger partial charge < -0.3 is 4.90 Å². The number of nitrogens with zero attached hydrogens (tertiary/aromatic N) is 1. The third kappa shape index (κ3) is 3.99. The summed E-state index contributed by atoms with van der Waals surface area (Å²) in [5.74, 6) is 0. The Morgan fingerprint density at radius 2 is 0.808 bits per heavy atom. The van der Waals surface area contributed by atoms with Crippen molar-refractivity contribution < 1.29 is 0 Å². The highest BCUT2D eigenvalue weighted by molar-refractivity contribution is 6.32. The zero-order chi connectivity index (χ0) is 34.6. The van der Waals surface area contributed by atoms with Crippen LogP contribution in [0.25, 0.3) is 76.8 Å². The molecule has 1 saturated carbocycles. The Kier molecular flexibility index (Phi) is 6.06. The van der Waals surface area contributed by atoms with Crippen molar-refractivity contribution in [3.8, 4) is 44.5 Å². The van der Waals surface area contributed by atoms with E-state index in [4.69, 9.17) is 0 Å². The lowest BCUT2D eigenvalue weighted by Gasteiger charge is -2.29. The second kappa shape index (κ2) is 10.7. The van der Waals surface area contributed by atoms with E-state index in [1.165, 1.54) is 93.8 Å². The van der Waals surface area contributed by atoms with Gasteiger partial charge in [0.25, 0.3) is 0 Å². The highest BCUT2D eigenvalue weighted by Gasteiger charge is 2.70. The molecule has 9 aromatic rings. The molecule has 1 aliphatic carbocycles. The summed E-state index contributed by atoms with van der Waals surface area (Å²) in [6, 6.07) is 65.4. The molecule has 1 heterocycles. The van der Waals surface area contributed by atoms with Gasteiger partial charge in [-0.2, -0.15) is 0 Å². The first kappa shape index (κ1) is 29.5. The zero-order valence-electron chi connectivity index (χ0n) is 29.4. The maximum absolute atomic E-state index is 2.60. The highest BCUT2D eigenvalue weighted by Crippen LogP contribution is 2.70. The second-order valence-electron chi connectivity index (χ2n) is 15.3. The van der Waals surface area contributed by atoms with Crippen LogP contribution in [-0.2, 0) is 5.41 Å². The van der Waals surface area contributed by atoms with Crippen molar-refractivity contribution in [3.05, 3.63) is 181 Å². The number of rotatable bonds is 5. The maximum Gasteiger partial charge on any atom is 0.0528 e. The van der Waals surface area contributed by atoms with Crippen LogP contribution in [0.15, 0.2) is 176 Å². The van der Waals surface area contributed by atoms with Crippen LogP contribution in [-0.4, -0.2) is 5.54 Å². The van der Waals surface area contributed by atoms with Gasteiger partial charge in [0.15, 0.2) is 0 Å². The van der Waals surface area contributed by atoms with E-state index < -0.39 is 0 Å². The standard InChI is InChI=1S/C51H37N/c1-50-32-51(50,2)52(37-21-13-6-14-22-37)47-28-23-36(29-46(47)50)45-31-44(35-19-11-5-12-20-35)40-25-24-38-42(33-15-7-3-8-16-33)30-43(34-17-9-4-10-18-34)39-26-27-41(45)49(40)48(38)39/h3-31H,32H2,1-2H3. The molecular weight excluding hydrogens is 627 g/mol. The van der Waals surface area contributed by atoms with Gasteiger partial charge in [-0.1, -0.05) is 146 Å². The lowest BCUT2D eigenvalue weighted by Crippen LogP contribution is -2.30. The summed E-state index contributed by atoms with van der Waals surface area (Å²) in [7, 11) is 0. The average molecular weight is 664 g/mol. The first-order valence-electron chi connectivity index (χ1n) is 18.5. The van der Waals surface area contributed by atoms with E-state index in [9.17, 15) is 0 Å². The van der Waals surface area contributed by atoms with Crippen LogP contribution in [0.3, 0.4) is 0 Å². The van der Waals surface area contributed by atoms with Gasteiger partial charge in [-0.3, -0.25) is 0 Å². The molecule has 0 N–H and O–H groups in total. The summed E-state index contributed by atoms with van der Waals surface area (Å²) in [4.78, 5) is 2.60. The molecule has 0 amide bonds. The largest absolute Gasteiger partial charge is 0.334 e. The normalized spacial score (nSPS) is 19.0. The smallest absolute Gasteiger partial charge is 0.0528 e. The molecule has 52 heavy (non-hydrogen) atoms. The Labute approximate surface area is 304 Å². The van der Waals surface area contributed by atoms with Gasteiger partial charge in [-0.15, -0.1) is 0 Å². The van der Waals surface area contributed by atoms with Crippen molar-refractivity contribution in [1.82, 2.24) is 0 Å². The molecule has 2 unspecified atom stereocenters. The van der Waals surface area contributed by atoms with E-state index in [0.29, 0.717) is 0 Å². The van der Waals surface area contributed by atoms with E-state index in [-0.39, 0.29) is 11.0 Å². The molecular formula is C51H37N. The fourth-order valence-electron chi connectivity index (χ4n) is 9.76. The Morgan fingerprint density at radius 3 is 1.25 bits per heavy atom. The summed E-state index contributed by atoms with van der Waals surface area (Å²) in [5.41, 5.74) is 14.4. The lowest BCUT2D eigenvalue weighted by atomic mass is 9.81. The van der Waals surface area contributed by atoms with E-state index in [1.54, 1.807) is 0 Å². The molecule has 1 fully saturated rings. The summed E-state index contributed by atoms with van der Waals surface area (Å²) >= 11 is 0. The first-order chi connectivity index (χ1) is 25.5.